The minimum atomic E-state index is -1.86. The molecule has 4 heteroatoms. The molecule has 15 heavy (non-hydrogen) atoms. The smallest absolute Gasteiger partial charge is 0.344 e. The molecular weight excluding hydrogens is 196 g/mol. The van der Waals surface area contributed by atoms with E-state index in [1.165, 1.54) is 0 Å². The maximum absolute atomic E-state index is 11.1. The Bertz CT molecular complexity index is 407. The third-order valence-corrected chi connectivity index (χ3v) is 3.16. The Morgan fingerprint density at radius 1 is 1.67 bits per heavy atom. The van der Waals surface area contributed by atoms with Gasteiger partial charge in [0.15, 0.2) is 5.76 Å². The monoisotopic (exact) mass is 210 g/mol. The van der Waals surface area contributed by atoms with Crippen LogP contribution >= 0.6 is 0 Å². The van der Waals surface area contributed by atoms with Crippen LogP contribution < -0.4 is 0 Å². The molecule has 1 aliphatic rings. The lowest BCUT2D eigenvalue weighted by Gasteiger charge is -2.32. The van der Waals surface area contributed by atoms with Gasteiger partial charge in [-0.15, -0.1) is 0 Å². The maximum atomic E-state index is 11.1. The molecule has 2 unspecified atom stereocenters. The Morgan fingerprint density at radius 3 is 2.93 bits per heavy atom. The van der Waals surface area contributed by atoms with Gasteiger partial charge in [-0.3, -0.25) is 0 Å². The second-order valence-corrected chi connectivity index (χ2v) is 4.22. The highest BCUT2D eigenvalue weighted by molar-refractivity contribution is 5.79. The Labute approximate surface area is 87.5 Å². The maximum Gasteiger partial charge on any atom is 0.344 e. The van der Waals surface area contributed by atoms with E-state index in [0.29, 0.717) is 12.2 Å². The minimum Gasteiger partial charge on any atom is -0.479 e. The molecule has 0 radical (unpaired) electrons. The molecule has 0 fully saturated rings. The van der Waals surface area contributed by atoms with E-state index in [1.807, 2.05) is 0 Å². The number of furan rings is 1. The molecule has 1 aromatic rings. The molecule has 0 saturated carbocycles. The second-order valence-electron chi connectivity index (χ2n) is 4.22. The van der Waals surface area contributed by atoms with Crippen LogP contribution in [-0.4, -0.2) is 16.2 Å². The van der Waals surface area contributed by atoms with E-state index in [0.717, 1.165) is 12.0 Å². The van der Waals surface area contributed by atoms with Crippen molar-refractivity contribution in [2.45, 2.75) is 32.3 Å². The largest absolute Gasteiger partial charge is 0.479 e. The molecule has 0 aliphatic heterocycles. The van der Waals surface area contributed by atoms with Crippen molar-refractivity contribution in [3.8, 4) is 0 Å². The molecule has 1 aromatic heterocycles. The summed E-state index contributed by atoms with van der Waals surface area (Å²) in [6.45, 7) is 3.49. The van der Waals surface area contributed by atoms with Crippen LogP contribution in [0.15, 0.2) is 10.5 Å². The van der Waals surface area contributed by atoms with Gasteiger partial charge in [-0.25, -0.2) is 4.79 Å². The third kappa shape index (κ3) is 1.28. The fraction of sp³-hybridized carbons (Fsp3) is 0.545. The van der Waals surface area contributed by atoms with Crippen LogP contribution in [0.25, 0.3) is 0 Å². The summed E-state index contributed by atoms with van der Waals surface area (Å²) in [5, 5.41) is 19.3. The SMILES string of the molecule is Cc1cc2c(o1)C(O)(C(=O)O)C(C)CC2. The van der Waals surface area contributed by atoms with Crippen molar-refractivity contribution in [2.75, 3.05) is 0 Å². The summed E-state index contributed by atoms with van der Waals surface area (Å²) in [4.78, 5) is 11.1. The summed E-state index contributed by atoms with van der Waals surface area (Å²) in [6.07, 6.45) is 1.43. The van der Waals surface area contributed by atoms with Crippen LogP contribution in [-0.2, 0) is 16.8 Å². The molecule has 4 nitrogen and oxygen atoms in total. The summed E-state index contributed by atoms with van der Waals surface area (Å²) in [5.41, 5.74) is -1.04. The van der Waals surface area contributed by atoms with Gasteiger partial charge in [0.25, 0.3) is 0 Å². The number of hydrogen-bond acceptors (Lipinski definition) is 3. The predicted molar refractivity (Wildman–Crippen MR) is 52.5 cm³/mol. The molecule has 0 bridgehead atoms. The lowest BCUT2D eigenvalue weighted by atomic mass is 9.76. The van der Waals surface area contributed by atoms with Crippen LogP contribution in [0, 0.1) is 12.8 Å². The van der Waals surface area contributed by atoms with Gasteiger partial charge >= 0.3 is 5.97 Å². The van der Waals surface area contributed by atoms with Crippen molar-refractivity contribution in [3.63, 3.8) is 0 Å². The van der Waals surface area contributed by atoms with Gasteiger partial charge in [0.2, 0.25) is 5.60 Å². The first kappa shape index (κ1) is 10.2. The van der Waals surface area contributed by atoms with E-state index in [-0.39, 0.29) is 11.7 Å². The van der Waals surface area contributed by atoms with E-state index >= 15 is 0 Å². The Balaban J connectivity index is 2.59. The molecule has 82 valence electrons. The number of fused-ring (bicyclic) bond motifs is 1. The Morgan fingerprint density at radius 2 is 2.33 bits per heavy atom. The van der Waals surface area contributed by atoms with E-state index in [4.69, 9.17) is 9.52 Å². The molecule has 1 heterocycles. The van der Waals surface area contributed by atoms with Gasteiger partial charge < -0.3 is 14.6 Å². The fourth-order valence-electron chi connectivity index (χ4n) is 2.19. The van der Waals surface area contributed by atoms with Gasteiger partial charge in [0, 0.05) is 5.92 Å². The molecule has 2 atom stereocenters. The highest BCUT2D eigenvalue weighted by atomic mass is 16.4. The first-order valence-electron chi connectivity index (χ1n) is 5.01. The van der Waals surface area contributed by atoms with Gasteiger partial charge in [-0.2, -0.15) is 0 Å². The number of rotatable bonds is 1. The number of aryl methyl sites for hydroxylation is 2. The Kier molecular flexibility index (Phi) is 2.12. The van der Waals surface area contributed by atoms with Crippen LogP contribution in [0.3, 0.4) is 0 Å². The normalized spacial score (nSPS) is 29.9. The molecule has 2 N–H and O–H groups in total. The molecule has 0 saturated heterocycles. The second kappa shape index (κ2) is 3.10. The molecule has 1 aliphatic carbocycles. The molecule has 2 rings (SSSR count). The number of hydrogen-bond donors (Lipinski definition) is 2. The lowest BCUT2D eigenvalue weighted by Crippen LogP contribution is -2.44. The number of carboxylic acid groups (broad SMARTS) is 1. The number of aliphatic carboxylic acids is 1. The predicted octanol–water partition coefficient (Wildman–Crippen LogP) is 1.44. The highest BCUT2D eigenvalue weighted by Crippen LogP contribution is 2.41. The van der Waals surface area contributed by atoms with Crippen LogP contribution in [0.1, 0.15) is 30.4 Å². The average Bonchev–Trinajstić information content (AvgIpc) is 2.53. The van der Waals surface area contributed by atoms with Crippen LogP contribution in [0.4, 0.5) is 0 Å². The van der Waals surface area contributed by atoms with E-state index in [1.54, 1.807) is 19.9 Å². The van der Waals surface area contributed by atoms with E-state index in [2.05, 4.69) is 0 Å². The van der Waals surface area contributed by atoms with Crippen molar-refractivity contribution in [1.82, 2.24) is 0 Å². The third-order valence-electron chi connectivity index (χ3n) is 3.16. The van der Waals surface area contributed by atoms with Crippen molar-refractivity contribution in [3.05, 3.63) is 23.2 Å². The molecule has 0 spiro atoms. The van der Waals surface area contributed by atoms with Crippen molar-refractivity contribution >= 4 is 5.97 Å². The molecule has 0 amide bonds. The number of carbonyl (C=O) groups is 1. The highest BCUT2D eigenvalue weighted by Gasteiger charge is 2.50. The summed E-state index contributed by atoms with van der Waals surface area (Å²) in [7, 11) is 0. The van der Waals surface area contributed by atoms with Crippen molar-refractivity contribution < 1.29 is 19.4 Å². The van der Waals surface area contributed by atoms with Crippen LogP contribution in [0.2, 0.25) is 0 Å². The van der Waals surface area contributed by atoms with Gasteiger partial charge in [0.1, 0.15) is 5.76 Å². The fourth-order valence-corrected chi connectivity index (χ4v) is 2.19. The van der Waals surface area contributed by atoms with Crippen molar-refractivity contribution in [2.24, 2.45) is 5.92 Å². The molecular formula is C11H14O4. The first-order chi connectivity index (χ1) is 6.96. The average molecular weight is 210 g/mol. The first-order valence-corrected chi connectivity index (χ1v) is 5.01. The molecule has 0 aromatic carbocycles. The van der Waals surface area contributed by atoms with Crippen molar-refractivity contribution in [1.29, 1.82) is 0 Å². The lowest BCUT2D eigenvalue weighted by molar-refractivity contribution is -0.170. The van der Waals surface area contributed by atoms with Gasteiger partial charge in [-0.05, 0) is 31.4 Å². The topological polar surface area (TPSA) is 70.7 Å². The summed E-state index contributed by atoms with van der Waals surface area (Å²) in [5.74, 6) is -0.696. The quantitative estimate of drug-likeness (QED) is 0.735. The van der Waals surface area contributed by atoms with Gasteiger partial charge in [-0.1, -0.05) is 6.92 Å². The van der Waals surface area contributed by atoms with Gasteiger partial charge in [0.05, 0.1) is 0 Å². The Hall–Kier alpha value is -1.29. The number of carboxylic acids is 1. The zero-order chi connectivity index (χ0) is 11.2. The summed E-state index contributed by atoms with van der Waals surface area (Å²) >= 11 is 0. The minimum absolute atomic E-state index is 0.214. The van der Waals surface area contributed by atoms with Crippen LogP contribution in [0.5, 0.6) is 0 Å². The number of aliphatic hydroxyl groups is 1. The standard InChI is InChI=1S/C11H14O4/c1-6-3-4-8-5-7(2)15-9(8)11(6,14)10(12)13/h5-6,14H,3-4H2,1-2H3,(H,12,13). The zero-order valence-corrected chi connectivity index (χ0v) is 8.78. The summed E-state index contributed by atoms with van der Waals surface area (Å²) in [6, 6.07) is 1.80. The van der Waals surface area contributed by atoms with E-state index < -0.39 is 11.6 Å². The summed E-state index contributed by atoms with van der Waals surface area (Å²) < 4.78 is 5.32. The zero-order valence-electron chi connectivity index (χ0n) is 8.78. The van der Waals surface area contributed by atoms with E-state index in [9.17, 15) is 9.90 Å².